The van der Waals surface area contributed by atoms with Crippen LogP contribution in [-0.2, 0) is 9.59 Å². The van der Waals surface area contributed by atoms with Crippen LogP contribution in [0.3, 0.4) is 0 Å². The van der Waals surface area contributed by atoms with Crippen LogP contribution in [0.4, 0.5) is 0 Å². The molecular weight excluding hydrogens is 288 g/mol. The van der Waals surface area contributed by atoms with Gasteiger partial charge in [0, 0.05) is 11.4 Å². The zero-order valence-electron chi connectivity index (χ0n) is 12.4. The molecule has 1 aliphatic heterocycles. The van der Waals surface area contributed by atoms with E-state index >= 15 is 0 Å². The smallest absolute Gasteiger partial charge is 0.320 e. The monoisotopic (exact) mass is 310 g/mol. The fourth-order valence-corrected chi connectivity index (χ4v) is 3.62. The van der Waals surface area contributed by atoms with Gasteiger partial charge in [-0.25, -0.2) is 0 Å². The Morgan fingerprint density at radius 1 is 1.52 bits per heavy atom. The average molecular weight is 310 g/mol. The third-order valence-electron chi connectivity index (χ3n) is 3.85. The second kappa shape index (κ2) is 7.04. The Bertz CT molecular complexity index is 487. The number of rotatable bonds is 6. The molecule has 2 unspecified atom stereocenters. The van der Waals surface area contributed by atoms with Crippen molar-refractivity contribution in [3.63, 3.8) is 0 Å². The molecule has 0 aliphatic carbocycles. The van der Waals surface area contributed by atoms with Crippen LogP contribution in [0.25, 0.3) is 0 Å². The molecule has 5 nitrogen and oxygen atoms in total. The molecule has 1 saturated heterocycles. The number of hydrogen-bond acceptors (Lipinski definition) is 4. The van der Waals surface area contributed by atoms with Gasteiger partial charge in [0.15, 0.2) is 0 Å². The molecule has 2 heterocycles. The zero-order valence-corrected chi connectivity index (χ0v) is 13.2. The van der Waals surface area contributed by atoms with Crippen molar-refractivity contribution < 1.29 is 14.7 Å². The fourth-order valence-electron chi connectivity index (χ4n) is 2.75. The minimum absolute atomic E-state index is 0.0159. The summed E-state index contributed by atoms with van der Waals surface area (Å²) in [7, 11) is 0. The largest absolute Gasteiger partial charge is 0.480 e. The molecule has 0 saturated carbocycles. The number of nitrogens with zero attached hydrogens (tertiary/aromatic N) is 1. The van der Waals surface area contributed by atoms with Gasteiger partial charge in [-0.1, -0.05) is 19.9 Å². The molecule has 1 aliphatic rings. The summed E-state index contributed by atoms with van der Waals surface area (Å²) in [4.78, 5) is 26.6. The number of nitrogens with one attached hydrogen (secondary N) is 1. The predicted octanol–water partition coefficient (Wildman–Crippen LogP) is 2.11. The number of carboxylic acid groups (broad SMARTS) is 1. The highest BCUT2D eigenvalue weighted by molar-refractivity contribution is 7.10. The van der Waals surface area contributed by atoms with Crippen LogP contribution in [-0.4, -0.2) is 41.0 Å². The molecule has 1 fully saturated rings. The van der Waals surface area contributed by atoms with Crippen LogP contribution in [0.2, 0.25) is 0 Å². The van der Waals surface area contributed by atoms with Crippen molar-refractivity contribution in [3.8, 4) is 0 Å². The summed E-state index contributed by atoms with van der Waals surface area (Å²) in [6, 6.07) is 3.53. The minimum Gasteiger partial charge on any atom is -0.480 e. The molecule has 6 heteroatoms. The lowest BCUT2D eigenvalue weighted by atomic mass is 10.1. The van der Waals surface area contributed by atoms with Crippen LogP contribution in [0.1, 0.15) is 37.6 Å². The maximum absolute atomic E-state index is 12.4. The number of carbonyl (C=O) groups excluding carboxylic acids is 1. The van der Waals surface area contributed by atoms with E-state index in [0.29, 0.717) is 0 Å². The summed E-state index contributed by atoms with van der Waals surface area (Å²) in [5.41, 5.74) is 0. The SMILES string of the molecule is CC(C)C(NCC(=O)N1CCCC1c1cccs1)C(=O)O. The quantitative estimate of drug-likeness (QED) is 0.844. The Kier molecular flexibility index (Phi) is 5.36. The Morgan fingerprint density at radius 2 is 2.29 bits per heavy atom. The van der Waals surface area contributed by atoms with Gasteiger partial charge in [0.25, 0.3) is 0 Å². The van der Waals surface area contributed by atoms with Gasteiger partial charge in [-0.05, 0) is 30.2 Å². The highest BCUT2D eigenvalue weighted by Crippen LogP contribution is 2.34. The van der Waals surface area contributed by atoms with E-state index in [1.165, 1.54) is 4.88 Å². The number of aliphatic carboxylic acids is 1. The molecule has 2 rings (SSSR count). The number of likely N-dealkylation sites (tertiary alicyclic amines) is 1. The Balaban J connectivity index is 1.95. The van der Waals surface area contributed by atoms with Crippen molar-refractivity contribution in [2.24, 2.45) is 5.92 Å². The first-order chi connectivity index (χ1) is 10.0. The number of hydrogen-bond donors (Lipinski definition) is 2. The molecule has 0 radical (unpaired) electrons. The first-order valence-electron chi connectivity index (χ1n) is 7.29. The van der Waals surface area contributed by atoms with Gasteiger partial charge in [0.2, 0.25) is 5.91 Å². The molecule has 2 N–H and O–H groups in total. The van der Waals surface area contributed by atoms with E-state index in [2.05, 4.69) is 11.4 Å². The van der Waals surface area contributed by atoms with Crippen LogP contribution in [0, 0.1) is 5.92 Å². The maximum atomic E-state index is 12.4. The molecule has 1 amide bonds. The molecule has 1 aromatic heterocycles. The van der Waals surface area contributed by atoms with Crippen molar-refractivity contribution >= 4 is 23.2 Å². The van der Waals surface area contributed by atoms with Gasteiger partial charge in [-0.3, -0.25) is 14.9 Å². The van der Waals surface area contributed by atoms with E-state index in [1.807, 2.05) is 30.2 Å². The van der Waals surface area contributed by atoms with Crippen molar-refractivity contribution in [3.05, 3.63) is 22.4 Å². The summed E-state index contributed by atoms with van der Waals surface area (Å²) in [5.74, 6) is -0.978. The Morgan fingerprint density at radius 3 is 2.86 bits per heavy atom. The molecule has 0 aromatic carbocycles. The van der Waals surface area contributed by atoms with E-state index < -0.39 is 12.0 Å². The molecule has 0 bridgehead atoms. The lowest BCUT2D eigenvalue weighted by Crippen LogP contribution is -2.46. The summed E-state index contributed by atoms with van der Waals surface area (Å²) >= 11 is 1.67. The lowest BCUT2D eigenvalue weighted by molar-refractivity contribution is -0.141. The van der Waals surface area contributed by atoms with Gasteiger partial charge in [0.1, 0.15) is 6.04 Å². The van der Waals surface area contributed by atoms with Gasteiger partial charge < -0.3 is 10.0 Å². The molecule has 1 aromatic rings. The second-order valence-electron chi connectivity index (χ2n) is 5.70. The maximum Gasteiger partial charge on any atom is 0.320 e. The zero-order chi connectivity index (χ0) is 15.4. The van der Waals surface area contributed by atoms with E-state index in [9.17, 15) is 9.59 Å². The Labute approximate surface area is 129 Å². The number of amides is 1. The summed E-state index contributed by atoms with van der Waals surface area (Å²) in [5, 5.41) is 14.0. The lowest BCUT2D eigenvalue weighted by Gasteiger charge is -2.25. The van der Waals surface area contributed by atoms with E-state index in [-0.39, 0.29) is 24.4 Å². The number of thiophene rings is 1. The van der Waals surface area contributed by atoms with Gasteiger partial charge in [0.05, 0.1) is 12.6 Å². The third-order valence-corrected chi connectivity index (χ3v) is 4.82. The van der Waals surface area contributed by atoms with Gasteiger partial charge in [-0.2, -0.15) is 0 Å². The van der Waals surface area contributed by atoms with Crippen LogP contribution >= 0.6 is 11.3 Å². The predicted molar refractivity (Wildman–Crippen MR) is 82.3 cm³/mol. The van der Waals surface area contributed by atoms with Crippen molar-refractivity contribution in [2.45, 2.75) is 38.8 Å². The first-order valence-corrected chi connectivity index (χ1v) is 8.17. The highest BCUT2D eigenvalue weighted by Gasteiger charge is 2.31. The highest BCUT2D eigenvalue weighted by atomic mass is 32.1. The van der Waals surface area contributed by atoms with E-state index in [1.54, 1.807) is 11.3 Å². The summed E-state index contributed by atoms with van der Waals surface area (Å²) in [6.45, 7) is 4.50. The van der Waals surface area contributed by atoms with Crippen molar-refractivity contribution in [1.29, 1.82) is 0 Å². The van der Waals surface area contributed by atoms with Crippen LogP contribution in [0.5, 0.6) is 0 Å². The average Bonchev–Trinajstić information content (AvgIpc) is 3.08. The second-order valence-corrected chi connectivity index (χ2v) is 6.68. The Hall–Kier alpha value is -1.40. The topological polar surface area (TPSA) is 69.6 Å². The van der Waals surface area contributed by atoms with Crippen LogP contribution < -0.4 is 5.32 Å². The van der Waals surface area contributed by atoms with Gasteiger partial charge in [-0.15, -0.1) is 11.3 Å². The minimum atomic E-state index is -0.908. The van der Waals surface area contributed by atoms with Gasteiger partial charge >= 0.3 is 5.97 Å². The van der Waals surface area contributed by atoms with Crippen molar-refractivity contribution in [2.75, 3.05) is 13.1 Å². The van der Waals surface area contributed by atoms with Crippen LogP contribution in [0.15, 0.2) is 17.5 Å². The molecule has 0 spiro atoms. The fraction of sp³-hybridized carbons (Fsp3) is 0.600. The van der Waals surface area contributed by atoms with E-state index in [0.717, 1.165) is 19.4 Å². The number of carboxylic acids is 1. The molecule has 116 valence electrons. The normalized spacial score (nSPS) is 20.0. The van der Waals surface area contributed by atoms with Crippen molar-refractivity contribution in [1.82, 2.24) is 10.2 Å². The summed E-state index contributed by atoms with van der Waals surface area (Å²) in [6.07, 6.45) is 1.99. The van der Waals surface area contributed by atoms with E-state index in [4.69, 9.17) is 5.11 Å². The third kappa shape index (κ3) is 3.83. The molecular formula is C15H22N2O3S. The molecule has 21 heavy (non-hydrogen) atoms. The number of carbonyl (C=O) groups is 2. The first kappa shape index (κ1) is 16.0. The summed E-state index contributed by atoms with van der Waals surface area (Å²) < 4.78 is 0. The molecule has 2 atom stereocenters. The standard InChI is InChI=1S/C15H22N2O3S/c1-10(2)14(15(19)20)16-9-13(18)17-7-3-5-11(17)12-6-4-8-21-12/h4,6,8,10-11,14,16H,3,5,7,9H2,1-2H3,(H,19,20).